The summed E-state index contributed by atoms with van der Waals surface area (Å²) in [5.41, 5.74) is 3.16. The van der Waals surface area contributed by atoms with Crippen LogP contribution in [0.5, 0.6) is 0 Å². The minimum absolute atomic E-state index is 0.00984. The number of aromatic nitrogens is 3. The highest BCUT2D eigenvalue weighted by Crippen LogP contribution is 2.38. The fraction of sp³-hybridized carbons (Fsp3) is 0.320. The summed E-state index contributed by atoms with van der Waals surface area (Å²) in [4.78, 5) is 41.9. The first kappa shape index (κ1) is 21.6. The first-order valence-corrected chi connectivity index (χ1v) is 10.7. The summed E-state index contributed by atoms with van der Waals surface area (Å²) in [6.07, 6.45) is 10.2. The van der Waals surface area contributed by atoms with Gasteiger partial charge in [-0.25, -0.2) is 9.97 Å². The van der Waals surface area contributed by atoms with Crippen molar-refractivity contribution >= 4 is 11.8 Å². The quantitative estimate of drug-likeness (QED) is 0.623. The van der Waals surface area contributed by atoms with Crippen molar-refractivity contribution in [3.05, 3.63) is 78.6 Å². The van der Waals surface area contributed by atoms with E-state index >= 15 is 0 Å². The smallest absolute Gasteiger partial charge is 0.253 e. The maximum Gasteiger partial charge on any atom is 0.253 e. The van der Waals surface area contributed by atoms with Crippen molar-refractivity contribution in [3.63, 3.8) is 0 Å². The normalized spacial score (nSPS) is 15.2. The number of pyridine rings is 1. The third-order valence-corrected chi connectivity index (χ3v) is 6.16. The van der Waals surface area contributed by atoms with Crippen LogP contribution in [-0.2, 0) is 11.2 Å². The zero-order chi connectivity index (χ0) is 22.6. The number of piperidine rings is 1. The van der Waals surface area contributed by atoms with Crippen molar-refractivity contribution in [2.45, 2.75) is 19.3 Å². The summed E-state index contributed by atoms with van der Waals surface area (Å²) in [5.74, 6) is 0.103. The number of hydrogen-bond donors (Lipinski definition) is 0. The molecule has 0 bridgehead atoms. The molecule has 7 nitrogen and oxygen atoms in total. The van der Waals surface area contributed by atoms with E-state index in [2.05, 4.69) is 27.1 Å². The van der Waals surface area contributed by atoms with Crippen LogP contribution in [0.2, 0.25) is 0 Å². The van der Waals surface area contributed by atoms with Gasteiger partial charge in [-0.05, 0) is 42.5 Å². The lowest BCUT2D eigenvalue weighted by molar-refractivity contribution is -0.142. The zero-order valence-electron chi connectivity index (χ0n) is 18.4. The fourth-order valence-corrected chi connectivity index (χ4v) is 4.46. The van der Waals surface area contributed by atoms with Gasteiger partial charge in [-0.15, -0.1) is 0 Å². The number of nitrogens with zero attached hydrogens (tertiary/aromatic N) is 5. The summed E-state index contributed by atoms with van der Waals surface area (Å²) in [6.45, 7) is 1.10. The molecular weight excluding hydrogens is 402 g/mol. The van der Waals surface area contributed by atoms with E-state index in [0.717, 1.165) is 16.7 Å². The average Bonchev–Trinajstić information content (AvgIpc) is 2.85. The largest absolute Gasteiger partial charge is 0.348 e. The van der Waals surface area contributed by atoms with E-state index in [4.69, 9.17) is 0 Å². The molecule has 0 radical (unpaired) electrons. The molecule has 0 N–H and O–H groups in total. The molecular formula is C25H27N5O2. The summed E-state index contributed by atoms with van der Waals surface area (Å²) in [7, 11) is 3.60. The highest BCUT2D eigenvalue weighted by atomic mass is 16.2. The predicted molar refractivity (Wildman–Crippen MR) is 122 cm³/mol. The topological polar surface area (TPSA) is 79.3 Å². The second-order valence-corrected chi connectivity index (χ2v) is 8.51. The number of benzene rings is 1. The van der Waals surface area contributed by atoms with Crippen molar-refractivity contribution in [2.75, 3.05) is 27.2 Å². The second-order valence-electron chi connectivity index (χ2n) is 8.51. The highest BCUT2D eigenvalue weighted by molar-refractivity contribution is 5.94. The average molecular weight is 430 g/mol. The predicted octanol–water partition coefficient (Wildman–Crippen LogP) is 3.09. The van der Waals surface area contributed by atoms with Crippen molar-refractivity contribution in [1.82, 2.24) is 24.8 Å². The molecule has 1 aromatic carbocycles. The van der Waals surface area contributed by atoms with Crippen molar-refractivity contribution in [3.8, 4) is 11.1 Å². The van der Waals surface area contributed by atoms with Crippen LogP contribution in [0.3, 0.4) is 0 Å². The maximum atomic E-state index is 13.3. The molecule has 1 aliphatic rings. The van der Waals surface area contributed by atoms with Crippen LogP contribution in [0.15, 0.2) is 67.5 Å². The maximum absolute atomic E-state index is 13.3. The monoisotopic (exact) mass is 429 g/mol. The standard InChI is InChI=1S/C25H27N5O2/c1-29(2)24(32)25(8-12-30(13-9-25)23(31)20-6-10-26-11-7-20)15-19-4-3-5-21(14-19)22-16-27-18-28-17-22/h3-7,10-11,14,16-18H,8-9,12-13,15H2,1-2H3. The highest BCUT2D eigenvalue weighted by Gasteiger charge is 2.43. The summed E-state index contributed by atoms with van der Waals surface area (Å²) in [5, 5.41) is 0. The van der Waals surface area contributed by atoms with Crippen LogP contribution in [0.4, 0.5) is 0 Å². The Labute approximate surface area is 188 Å². The van der Waals surface area contributed by atoms with Crippen LogP contribution in [-0.4, -0.2) is 63.8 Å². The Kier molecular flexibility index (Phi) is 6.25. The number of likely N-dealkylation sites (tertiary alicyclic amines) is 1. The molecule has 2 aromatic heterocycles. The van der Waals surface area contributed by atoms with Crippen LogP contribution < -0.4 is 0 Å². The number of rotatable bonds is 5. The molecule has 1 fully saturated rings. The lowest BCUT2D eigenvalue weighted by atomic mass is 9.72. The van der Waals surface area contributed by atoms with Gasteiger partial charge in [0.15, 0.2) is 0 Å². The number of carbonyl (C=O) groups excluding carboxylic acids is 2. The van der Waals surface area contributed by atoms with Gasteiger partial charge in [0.05, 0.1) is 5.41 Å². The molecule has 0 unspecified atom stereocenters. The Bertz CT molecular complexity index is 1080. The van der Waals surface area contributed by atoms with E-state index < -0.39 is 5.41 Å². The number of amides is 2. The molecule has 7 heteroatoms. The SMILES string of the molecule is CN(C)C(=O)C1(Cc2cccc(-c3cncnc3)c2)CCN(C(=O)c2ccncc2)CC1. The van der Waals surface area contributed by atoms with E-state index in [0.29, 0.717) is 37.9 Å². The minimum atomic E-state index is -0.537. The lowest BCUT2D eigenvalue weighted by Crippen LogP contribution is -2.51. The first-order chi connectivity index (χ1) is 15.5. The zero-order valence-corrected chi connectivity index (χ0v) is 18.4. The second kappa shape index (κ2) is 9.26. The Morgan fingerprint density at radius 2 is 1.66 bits per heavy atom. The van der Waals surface area contributed by atoms with E-state index in [1.807, 2.05) is 17.0 Å². The van der Waals surface area contributed by atoms with Gasteiger partial charge < -0.3 is 9.80 Å². The van der Waals surface area contributed by atoms with E-state index in [-0.39, 0.29) is 11.8 Å². The van der Waals surface area contributed by atoms with Crippen LogP contribution in [0.25, 0.3) is 11.1 Å². The van der Waals surface area contributed by atoms with Gasteiger partial charge in [-0.2, -0.15) is 0 Å². The fourth-order valence-electron chi connectivity index (χ4n) is 4.46. The first-order valence-electron chi connectivity index (χ1n) is 10.7. The molecule has 32 heavy (non-hydrogen) atoms. The third-order valence-electron chi connectivity index (χ3n) is 6.16. The molecule has 1 aliphatic heterocycles. The van der Waals surface area contributed by atoms with E-state index in [9.17, 15) is 9.59 Å². The Hall–Kier alpha value is -3.61. The van der Waals surface area contributed by atoms with Gasteiger partial charge in [-0.3, -0.25) is 14.6 Å². The molecule has 164 valence electrons. The van der Waals surface area contributed by atoms with Crippen LogP contribution in [0, 0.1) is 5.41 Å². The van der Waals surface area contributed by atoms with Crippen molar-refractivity contribution in [1.29, 1.82) is 0 Å². The molecule has 0 spiro atoms. The molecule has 0 atom stereocenters. The lowest BCUT2D eigenvalue weighted by Gasteiger charge is -2.42. The Morgan fingerprint density at radius 3 is 2.31 bits per heavy atom. The molecule has 3 aromatic rings. The van der Waals surface area contributed by atoms with Crippen molar-refractivity contribution < 1.29 is 9.59 Å². The summed E-state index contributed by atoms with van der Waals surface area (Å²) in [6, 6.07) is 11.7. The van der Waals surface area contributed by atoms with Gasteiger partial charge in [0, 0.05) is 63.1 Å². The molecule has 0 aliphatic carbocycles. The van der Waals surface area contributed by atoms with Gasteiger partial charge >= 0.3 is 0 Å². The Morgan fingerprint density at radius 1 is 0.969 bits per heavy atom. The summed E-state index contributed by atoms with van der Waals surface area (Å²) >= 11 is 0. The molecule has 1 saturated heterocycles. The van der Waals surface area contributed by atoms with E-state index in [1.54, 1.807) is 55.9 Å². The number of hydrogen-bond acceptors (Lipinski definition) is 5. The van der Waals surface area contributed by atoms with E-state index in [1.165, 1.54) is 6.33 Å². The van der Waals surface area contributed by atoms with Crippen molar-refractivity contribution in [2.24, 2.45) is 5.41 Å². The van der Waals surface area contributed by atoms with Gasteiger partial charge in [-0.1, -0.05) is 24.3 Å². The Balaban J connectivity index is 1.55. The summed E-state index contributed by atoms with van der Waals surface area (Å²) < 4.78 is 0. The van der Waals surface area contributed by atoms with Crippen LogP contribution in [0.1, 0.15) is 28.8 Å². The molecule has 0 saturated carbocycles. The van der Waals surface area contributed by atoms with Gasteiger partial charge in [0.25, 0.3) is 5.91 Å². The third kappa shape index (κ3) is 4.51. The molecule has 4 rings (SSSR count). The van der Waals surface area contributed by atoms with Gasteiger partial charge in [0.2, 0.25) is 5.91 Å². The minimum Gasteiger partial charge on any atom is -0.348 e. The number of carbonyl (C=O) groups is 2. The molecule has 3 heterocycles. The van der Waals surface area contributed by atoms with Gasteiger partial charge in [0.1, 0.15) is 6.33 Å². The van der Waals surface area contributed by atoms with Crippen LogP contribution >= 0.6 is 0 Å². The molecule has 2 amide bonds.